The second-order valence-corrected chi connectivity index (χ2v) is 6.90. The van der Waals surface area contributed by atoms with Crippen molar-refractivity contribution in [2.75, 3.05) is 31.5 Å². The van der Waals surface area contributed by atoms with Crippen molar-refractivity contribution in [1.29, 1.82) is 0 Å². The number of amides is 2. The highest BCUT2D eigenvalue weighted by Crippen LogP contribution is 2.39. The minimum absolute atomic E-state index is 0.0165. The first-order valence-electron chi connectivity index (χ1n) is 8.64. The van der Waals surface area contributed by atoms with E-state index in [4.69, 9.17) is 0 Å². The lowest BCUT2D eigenvalue weighted by atomic mass is 9.81. The van der Waals surface area contributed by atoms with E-state index in [9.17, 15) is 14.7 Å². The Kier molecular flexibility index (Phi) is 4.76. The molecule has 1 aromatic rings. The van der Waals surface area contributed by atoms with Crippen molar-refractivity contribution >= 4 is 17.7 Å². The van der Waals surface area contributed by atoms with Crippen molar-refractivity contribution in [2.45, 2.75) is 26.2 Å². The molecule has 0 radical (unpaired) electrons. The van der Waals surface area contributed by atoms with Gasteiger partial charge in [0.2, 0.25) is 0 Å². The van der Waals surface area contributed by atoms with Crippen LogP contribution in [-0.2, 0) is 11.2 Å². The molecule has 2 heterocycles. The molecule has 6 heteroatoms. The normalized spacial score (nSPS) is 25.5. The van der Waals surface area contributed by atoms with Gasteiger partial charge in [-0.3, -0.25) is 4.79 Å². The maximum atomic E-state index is 12.5. The average Bonchev–Trinajstić information content (AvgIpc) is 3.12. The summed E-state index contributed by atoms with van der Waals surface area (Å²) in [7, 11) is 0. The SMILES string of the molecule is CCCCc1ccc(NC(=O)N2C[C@@H]3CNC[C@]3(C(=O)O)C2)cc1. The van der Waals surface area contributed by atoms with E-state index in [1.54, 1.807) is 4.90 Å². The van der Waals surface area contributed by atoms with E-state index in [0.717, 1.165) is 24.9 Å². The molecule has 0 aromatic heterocycles. The Morgan fingerprint density at radius 1 is 1.38 bits per heavy atom. The van der Waals surface area contributed by atoms with E-state index in [1.165, 1.54) is 5.56 Å². The molecule has 6 nitrogen and oxygen atoms in total. The monoisotopic (exact) mass is 331 g/mol. The van der Waals surface area contributed by atoms with Crippen LogP contribution in [0.1, 0.15) is 25.3 Å². The van der Waals surface area contributed by atoms with Gasteiger partial charge >= 0.3 is 12.0 Å². The average molecular weight is 331 g/mol. The Bertz CT molecular complexity index is 616. The van der Waals surface area contributed by atoms with Crippen LogP contribution in [0.4, 0.5) is 10.5 Å². The van der Waals surface area contributed by atoms with Crippen LogP contribution >= 0.6 is 0 Å². The number of anilines is 1. The molecule has 2 aliphatic rings. The number of benzene rings is 1. The topological polar surface area (TPSA) is 81.7 Å². The van der Waals surface area contributed by atoms with Gasteiger partial charge in [0, 0.05) is 37.8 Å². The number of aryl methyl sites for hydroxylation is 1. The van der Waals surface area contributed by atoms with Gasteiger partial charge in [-0.15, -0.1) is 0 Å². The standard InChI is InChI=1S/C18H25N3O3/c1-2-3-4-13-5-7-15(8-6-13)20-17(24)21-10-14-9-19-11-18(14,12-21)16(22)23/h5-8,14,19H,2-4,9-12H2,1H3,(H,20,24)(H,22,23)/t14-,18-/m0/s1. The quantitative estimate of drug-likeness (QED) is 0.772. The first-order chi connectivity index (χ1) is 11.5. The third-order valence-corrected chi connectivity index (χ3v) is 5.26. The van der Waals surface area contributed by atoms with Crippen LogP contribution in [0.2, 0.25) is 0 Å². The Morgan fingerprint density at radius 2 is 2.12 bits per heavy atom. The number of carboxylic acid groups (broad SMARTS) is 1. The van der Waals surface area contributed by atoms with Crippen molar-refractivity contribution in [3.63, 3.8) is 0 Å². The second-order valence-electron chi connectivity index (χ2n) is 6.90. The van der Waals surface area contributed by atoms with E-state index < -0.39 is 11.4 Å². The Labute approximate surface area is 142 Å². The number of nitrogens with zero attached hydrogens (tertiary/aromatic N) is 1. The molecule has 3 rings (SSSR count). The molecule has 2 atom stereocenters. The lowest BCUT2D eigenvalue weighted by Crippen LogP contribution is -2.42. The molecule has 1 aromatic carbocycles. The molecule has 24 heavy (non-hydrogen) atoms. The Balaban J connectivity index is 1.61. The molecule has 3 N–H and O–H groups in total. The minimum Gasteiger partial charge on any atom is -0.481 e. The molecule has 130 valence electrons. The van der Waals surface area contributed by atoms with Gasteiger partial charge in [-0.05, 0) is 30.5 Å². The van der Waals surface area contributed by atoms with E-state index >= 15 is 0 Å². The number of fused-ring (bicyclic) bond motifs is 1. The van der Waals surface area contributed by atoms with Crippen LogP contribution in [0, 0.1) is 11.3 Å². The van der Waals surface area contributed by atoms with Gasteiger partial charge in [0.05, 0.1) is 0 Å². The van der Waals surface area contributed by atoms with Crippen molar-refractivity contribution in [2.24, 2.45) is 11.3 Å². The molecule has 0 bridgehead atoms. The molecular weight excluding hydrogens is 306 g/mol. The molecule has 2 fully saturated rings. The predicted molar refractivity (Wildman–Crippen MR) is 92.1 cm³/mol. The van der Waals surface area contributed by atoms with Crippen LogP contribution in [0.5, 0.6) is 0 Å². The molecule has 2 saturated heterocycles. The van der Waals surface area contributed by atoms with Gasteiger partial charge < -0.3 is 20.6 Å². The molecule has 2 amide bonds. The van der Waals surface area contributed by atoms with E-state index in [1.807, 2.05) is 24.3 Å². The van der Waals surface area contributed by atoms with Crippen molar-refractivity contribution in [3.05, 3.63) is 29.8 Å². The highest BCUT2D eigenvalue weighted by Gasteiger charge is 2.56. The second kappa shape index (κ2) is 6.81. The number of carbonyl (C=O) groups excluding carboxylic acids is 1. The summed E-state index contributed by atoms with van der Waals surface area (Å²) in [5.74, 6) is -0.828. The van der Waals surface area contributed by atoms with Gasteiger partial charge in [-0.25, -0.2) is 4.79 Å². The van der Waals surface area contributed by atoms with Gasteiger partial charge in [-0.1, -0.05) is 25.5 Å². The van der Waals surface area contributed by atoms with Gasteiger partial charge in [-0.2, -0.15) is 0 Å². The lowest BCUT2D eigenvalue weighted by molar-refractivity contribution is -0.148. The molecule has 0 spiro atoms. The molecule has 2 aliphatic heterocycles. The number of rotatable bonds is 5. The van der Waals surface area contributed by atoms with Crippen LogP contribution in [0.25, 0.3) is 0 Å². The summed E-state index contributed by atoms with van der Waals surface area (Å²) in [5, 5.41) is 15.6. The third kappa shape index (κ3) is 3.11. The molecule has 0 aliphatic carbocycles. The fourth-order valence-corrected chi connectivity index (χ4v) is 3.72. The van der Waals surface area contributed by atoms with Crippen LogP contribution in [0.3, 0.4) is 0 Å². The summed E-state index contributed by atoms with van der Waals surface area (Å²) < 4.78 is 0. The largest absolute Gasteiger partial charge is 0.481 e. The molecule has 0 saturated carbocycles. The van der Waals surface area contributed by atoms with Gasteiger partial charge in [0.1, 0.15) is 5.41 Å². The lowest BCUT2D eigenvalue weighted by Gasteiger charge is -2.22. The maximum Gasteiger partial charge on any atom is 0.321 e. The zero-order chi connectivity index (χ0) is 17.2. The first kappa shape index (κ1) is 16.8. The van der Waals surface area contributed by atoms with Gasteiger partial charge in [0.25, 0.3) is 0 Å². The van der Waals surface area contributed by atoms with E-state index in [-0.39, 0.29) is 18.5 Å². The van der Waals surface area contributed by atoms with Crippen LogP contribution in [-0.4, -0.2) is 48.2 Å². The number of aliphatic carboxylic acids is 1. The van der Waals surface area contributed by atoms with Crippen molar-refractivity contribution < 1.29 is 14.7 Å². The third-order valence-electron chi connectivity index (χ3n) is 5.26. The smallest absolute Gasteiger partial charge is 0.321 e. The highest BCUT2D eigenvalue weighted by molar-refractivity contribution is 5.90. The number of hydrogen-bond acceptors (Lipinski definition) is 3. The number of urea groups is 1. The van der Waals surface area contributed by atoms with Crippen molar-refractivity contribution in [3.8, 4) is 0 Å². The Hall–Kier alpha value is -2.08. The summed E-state index contributed by atoms with van der Waals surface area (Å²) in [4.78, 5) is 25.8. The van der Waals surface area contributed by atoms with E-state index in [2.05, 4.69) is 17.6 Å². The molecule has 0 unspecified atom stereocenters. The van der Waals surface area contributed by atoms with E-state index in [0.29, 0.717) is 19.6 Å². The fourth-order valence-electron chi connectivity index (χ4n) is 3.72. The summed E-state index contributed by atoms with van der Waals surface area (Å²) >= 11 is 0. The summed E-state index contributed by atoms with van der Waals surface area (Å²) in [6, 6.07) is 7.67. The number of carbonyl (C=O) groups is 2. The zero-order valence-electron chi connectivity index (χ0n) is 14.0. The Morgan fingerprint density at radius 3 is 2.75 bits per heavy atom. The number of unbranched alkanes of at least 4 members (excludes halogenated alkanes) is 1. The number of carboxylic acids is 1. The fraction of sp³-hybridized carbons (Fsp3) is 0.556. The number of hydrogen-bond donors (Lipinski definition) is 3. The highest BCUT2D eigenvalue weighted by atomic mass is 16.4. The summed E-state index contributed by atoms with van der Waals surface area (Å²) in [6.07, 6.45) is 3.37. The zero-order valence-corrected chi connectivity index (χ0v) is 14.0. The molecular formula is C18H25N3O3. The van der Waals surface area contributed by atoms with Crippen molar-refractivity contribution in [1.82, 2.24) is 10.2 Å². The predicted octanol–water partition coefficient (Wildman–Crippen LogP) is 2.17. The van der Waals surface area contributed by atoms with Crippen LogP contribution in [0.15, 0.2) is 24.3 Å². The summed E-state index contributed by atoms with van der Waals surface area (Å²) in [6.45, 7) is 4.00. The number of likely N-dealkylation sites (tertiary alicyclic amines) is 1. The number of nitrogens with one attached hydrogen (secondary N) is 2. The minimum atomic E-state index is -0.832. The van der Waals surface area contributed by atoms with Gasteiger partial charge in [0.15, 0.2) is 0 Å². The first-order valence-corrected chi connectivity index (χ1v) is 8.64. The van der Waals surface area contributed by atoms with Crippen LogP contribution < -0.4 is 10.6 Å². The maximum absolute atomic E-state index is 12.5. The summed E-state index contributed by atoms with van der Waals surface area (Å²) in [5.41, 5.74) is 1.18.